The second kappa shape index (κ2) is 9.57. The minimum Gasteiger partial charge on any atom is -0.496 e. The zero-order valence-electron chi connectivity index (χ0n) is 15.5. The van der Waals surface area contributed by atoms with Crippen LogP contribution in [0.5, 0.6) is 11.5 Å². The second-order valence-corrected chi connectivity index (χ2v) is 6.38. The molecule has 0 spiro atoms. The van der Waals surface area contributed by atoms with Gasteiger partial charge in [-0.25, -0.2) is 0 Å². The second-order valence-electron chi connectivity index (χ2n) is 5.97. The Balaban J connectivity index is 1.71. The van der Waals surface area contributed by atoms with Gasteiger partial charge in [-0.1, -0.05) is 29.8 Å². The first kappa shape index (κ1) is 20.2. The molecule has 0 heterocycles. The fraction of sp³-hybridized carbons (Fsp3) is 0.0952. The molecule has 0 aromatic heterocycles. The Bertz CT molecular complexity index is 1030. The minimum absolute atomic E-state index is 0.0935. The molecule has 0 saturated heterocycles. The van der Waals surface area contributed by atoms with Gasteiger partial charge in [-0.15, -0.1) is 0 Å². The van der Waals surface area contributed by atoms with Crippen molar-refractivity contribution in [1.82, 2.24) is 0 Å². The predicted molar refractivity (Wildman–Crippen MR) is 113 cm³/mol. The van der Waals surface area contributed by atoms with E-state index in [4.69, 9.17) is 21.1 Å². The number of nitrogens with one attached hydrogen (secondary N) is 1. The summed E-state index contributed by atoms with van der Waals surface area (Å²) in [5.41, 5.74) is 5.38. The lowest BCUT2D eigenvalue weighted by Gasteiger charge is -2.12. The number of hydrogen-bond donors (Lipinski definition) is 1. The topological polar surface area (TPSA) is 86.0 Å². The van der Waals surface area contributed by atoms with E-state index in [-0.39, 0.29) is 17.3 Å². The maximum atomic E-state index is 10.8. The highest BCUT2D eigenvalue weighted by Crippen LogP contribution is 2.30. The summed E-state index contributed by atoms with van der Waals surface area (Å²) in [5, 5.41) is 15.2. The average molecular weight is 412 g/mol. The molecule has 0 unspecified atom stereocenters. The van der Waals surface area contributed by atoms with Gasteiger partial charge in [-0.2, -0.15) is 5.10 Å². The van der Waals surface area contributed by atoms with Crippen molar-refractivity contribution >= 4 is 29.2 Å². The van der Waals surface area contributed by atoms with Crippen LogP contribution in [0.25, 0.3) is 0 Å². The van der Waals surface area contributed by atoms with Gasteiger partial charge in [0.1, 0.15) is 18.1 Å². The Kier molecular flexibility index (Phi) is 6.65. The zero-order chi connectivity index (χ0) is 20.6. The first-order chi connectivity index (χ1) is 14.1. The standard InChI is InChI=1S/C21H18ClN3O4/c1-28-20-9-7-15(13-23-24-17-5-3-2-4-6-17)11-16(20)14-29-21-10-8-18(25(26)27)12-19(21)22/h2-13,24H,14H2,1H3. The average Bonchev–Trinajstić information content (AvgIpc) is 2.73. The highest BCUT2D eigenvalue weighted by molar-refractivity contribution is 6.32. The molecule has 3 aromatic rings. The van der Waals surface area contributed by atoms with Crippen LogP contribution in [0.3, 0.4) is 0 Å². The molecular weight excluding hydrogens is 394 g/mol. The number of anilines is 1. The Labute approximate surface area is 172 Å². The van der Waals surface area contributed by atoms with Crippen LogP contribution in [0.4, 0.5) is 11.4 Å². The van der Waals surface area contributed by atoms with E-state index < -0.39 is 4.92 Å². The smallest absolute Gasteiger partial charge is 0.271 e. The fourth-order valence-electron chi connectivity index (χ4n) is 2.56. The number of methoxy groups -OCH3 is 1. The lowest BCUT2D eigenvalue weighted by molar-refractivity contribution is -0.384. The van der Waals surface area contributed by atoms with Crippen molar-refractivity contribution in [3.8, 4) is 11.5 Å². The molecule has 8 heteroatoms. The largest absolute Gasteiger partial charge is 0.496 e. The van der Waals surface area contributed by atoms with Gasteiger partial charge in [0.2, 0.25) is 0 Å². The van der Waals surface area contributed by atoms with Crippen molar-refractivity contribution in [3.05, 3.63) is 93.0 Å². The normalized spacial score (nSPS) is 10.7. The lowest BCUT2D eigenvalue weighted by atomic mass is 10.1. The number of benzene rings is 3. The molecule has 0 saturated carbocycles. The molecule has 7 nitrogen and oxygen atoms in total. The van der Waals surface area contributed by atoms with E-state index in [1.54, 1.807) is 13.3 Å². The third kappa shape index (κ3) is 5.46. The quantitative estimate of drug-likeness (QED) is 0.309. The summed E-state index contributed by atoms with van der Waals surface area (Å²) in [4.78, 5) is 10.3. The van der Waals surface area contributed by atoms with Crippen molar-refractivity contribution in [2.75, 3.05) is 12.5 Å². The highest BCUT2D eigenvalue weighted by Gasteiger charge is 2.12. The van der Waals surface area contributed by atoms with Crippen LogP contribution in [-0.4, -0.2) is 18.2 Å². The van der Waals surface area contributed by atoms with E-state index in [1.165, 1.54) is 18.2 Å². The first-order valence-electron chi connectivity index (χ1n) is 8.64. The van der Waals surface area contributed by atoms with Gasteiger partial charge < -0.3 is 9.47 Å². The number of nitro benzene ring substituents is 1. The molecule has 0 bridgehead atoms. The van der Waals surface area contributed by atoms with E-state index in [9.17, 15) is 10.1 Å². The molecule has 1 N–H and O–H groups in total. The molecule has 0 aliphatic carbocycles. The molecule has 0 fully saturated rings. The van der Waals surface area contributed by atoms with Crippen molar-refractivity contribution in [3.63, 3.8) is 0 Å². The molecular formula is C21H18ClN3O4. The van der Waals surface area contributed by atoms with Gasteiger partial charge in [0, 0.05) is 17.7 Å². The van der Waals surface area contributed by atoms with E-state index >= 15 is 0 Å². The Morgan fingerprint density at radius 3 is 2.55 bits per heavy atom. The van der Waals surface area contributed by atoms with E-state index in [0.29, 0.717) is 11.5 Å². The van der Waals surface area contributed by atoms with E-state index in [1.807, 2.05) is 48.5 Å². The highest BCUT2D eigenvalue weighted by atomic mass is 35.5. The maximum absolute atomic E-state index is 10.8. The summed E-state index contributed by atoms with van der Waals surface area (Å²) in [5.74, 6) is 1.00. The van der Waals surface area contributed by atoms with Crippen LogP contribution in [0.15, 0.2) is 71.8 Å². The number of rotatable bonds is 8. The van der Waals surface area contributed by atoms with Gasteiger partial charge in [-0.3, -0.25) is 15.5 Å². The van der Waals surface area contributed by atoms with Gasteiger partial charge in [0.05, 0.1) is 29.0 Å². The molecule has 0 radical (unpaired) electrons. The van der Waals surface area contributed by atoms with Crippen LogP contribution >= 0.6 is 11.6 Å². The fourth-order valence-corrected chi connectivity index (χ4v) is 2.79. The maximum Gasteiger partial charge on any atom is 0.271 e. The van der Waals surface area contributed by atoms with Crippen LogP contribution in [0.1, 0.15) is 11.1 Å². The number of para-hydroxylation sites is 1. The Morgan fingerprint density at radius 1 is 1.10 bits per heavy atom. The van der Waals surface area contributed by atoms with Crippen molar-refractivity contribution < 1.29 is 14.4 Å². The summed E-state index contributed by atoms with van der Waals surface area (Å²) in [6.07, 6.45) is 1.69. The monoisotopic (exact) mass is 411 g/mol. The third-order valence-electron chi connectivity index (χ3n) is 3.99. The molecule has 0 amide bonds. The summed E-state index contributed by atoms with van der Waals surface area (Å²) in [6, 6.07) is 19.3. The third-order valence-corrected chi connectivity index (χ3v) is 4.29. The van der Waals surface area contributed by atoms with Gasteiger partial charge in [0.25, 0.3) is 5.69 Å². The van der Waals surface area contributed by atoms with Crippen LogP contribution in [0, 0.1) is 10.1 Å². The molecule has 29 heavy (non-hydrogen) atoms. The summed E-state index contributed by atoms with van der Waals surface area (Å²) < 4.78 is 11.1. The SMILES string of the molecule is COc1ccc(C=NNc2ccccc2)cc1COc1ccc([N+](=O)[O-])cc1Cl. The molecule has 3 rings (SSSR count). The minimum atomic E-state index is -0.509. The van der Waals surface area contributed by atoms with Crippen LogP contribution in [0.2, 0.25) is 5.02 Å². The van der Waals surface area contributed by atoms with Crippen LogP contribution in [-0.2, 0) is 6.61 Å². The molecule has 0 aliphatic heterocycles. The lowest BCUT2D eigenvalue weighted by Crippen LogP contribution is -2.01. The number of non-ortho nitro benzene ring substituents is 1. The Hall–Kier alpha value is -3.58. The number of hydrazone groups is 1. The zero-order valence-corrected chi connectivity index (χ0v) is 16.3. The molecule has 3 aromatic carbocycles. The summed E-state index contributed by atoms with van der Waals surface area (Å²) in [6.45, 7) is 0.175. The molecule has 0 atom stereocenters. The number of nitrogens with zero attached hydrogens (tertiary/aromatic N) is 2. The summed E-state index contributed by atoms with van der Waals surface area (Å²) in [7, 11) is 1.57. The van der Waals surface area contributed by atoms with Gasteiger partial charge in [0.15, 0.2) is 0 Å². The molecule has 148 valence electrons. The predicted octanol–water partition coefficient (Wildman–Crippen LogP) is 5.28. The van der Waals surface area contributed by atoms with E-state index in [2.05, 4.69) is 10.5 Å². The first-order valence-corrected chi connectivity index (χ1v) is 9.02. The van der Waals surface area contributed by atoms with Crippen LogP contribution < -0.4 is 14.9 Å². The number of hydrogen-bond acceptors (Lipinski definition) is 6. The van der Waals surface area contributed by atoms with Crippen molar-refractivity contribution in [2.45, 2.75) is 6.61 Å². The Morgan fingerprint density at radius 2 is 1.86 bits per heavy atom. The number of halogens is 1. The van der Waals surface area contributed by atoms with Crippen molar-refractivity contribution in [1.29, 1.82) is 0 Å². The summed E-state index contributed by atoms with van der Waals surface area (Å²) >= 11 is 6.08. The van der Waals surface area contributed by atoms with Crippen molar-refractivity contribution in [2.24, 2.45) is 5.10 Å². The molecule has 0 aliphatic rings. The number of nitro groups is 1. The van der Waals surface area contributed by atoms with Gasteiger partial charge in [-0.05, 0) is 42.0 Å². The van der Waals surface area contributed by atoms with E-state index in [0.717, 1.165) is 16.8 Å². The number of ether oxygens (including phenoxy) is 2. The van der Waals surface area contributed by atoms with Gasteiger partial charge >= 0.3 is 0 Å².